The van der Waals surface area contributed by atoms with Crippen molar-refractivity contribution in [2.45, 2.75) is 78.7 Å². The van der Waals surface area contributed by atoms with E-state index in [9.17, 15) is 23.3 Å². The number of anilines is 2. The molecule has 1 saturated carbocycles. The quantitative estimate of drug-likeness (QED) is 0.0529. The second kappa shape index (κ2) is 19.5. The Balaban J connectivity index is 0.918. The number of nitro benzene ring substituents is 1. The summed E-state index contributed by atoms with van der Waals surface area (Å²) in [6.07, 6.45) is 8.61. The third-order valence-electron chi connectivity index (χ3n) is 12.7. The van der Waals surface area contributed by atoms with Gasteiger partial charge in [0, 0.05) is 59.6 Å². The largest absolute Gasteiger partial charge is 0.373 e. The van der Waals surface area contributed by atoms with Gasteiger partial charge in [-0.1, -0.05) is 85.6 Å². The Labute approximate surface area is 369 Å². The van der Waals surface area contributed by atoms with Crippen LogP contribution in [-0.4, -0.2) is 80.4 Å². The van der Waals surface area contributed by atoms with Gasteiger partial charge in [0.2, 0.25) is 0 Å². The zero-order valence-electron chi connectivity index (χ0n) is 35.0. The smallest absolute Gasteiger partial charge is 0.293 e. The van der Waals surface area contributed by atoms with E-state index in [0.29, 0.717) is 12.4 Å². The van der Waals surface area contributed by atoms with Gasteiger partial charge in [0.25, 0.3) is 21.6 Å². The maximum atomic E-state index is 13.5. The van der Waals surface area contributed by atoms with Gasteiger partial charge >= 0.3 is 0 Å². The molecule has 8 rings (SSSR count). The fraction of sp³-hybridized carbons (Fsp3) is 0.367. The lowest BCUT2D eigenvalue weighted by atomic mass is 9.82. The summed E-state index contributed by atoms with van der Waals surface area (Å²) in [5.74, 6) is -0.107. The van der Waals surface area contributed by atoms with Crippen molar-refractivity contribution in [2.24, 2.45) is 0 Å². The number of piperidine rings is 1. The average molecular weight is 874 g/mol. The van der Waals surface area contributed by atoms with E-state index >= 15 is 0 Å². The molecule has 3 fully saturated rings. The van der Waals surface area contributed by atoms with E-state index in [0.717, 1.165) is 94.3 Å². The van der Waals surface area contributed by atoms with E-state index in [1.165, 1.54) is 41.7 Å². The second-order valence-corrected chi connectivity index (χ2v) is 19.6. The second-order valence-electron chi connectivity index (χ2n) is 16.9. The minimum absolute atomic E-state index is 0.165. The lowest BCUT2D eigenvalue weighted by Crippen LogP contribution is -2.48. The van der Waals surface area contributed by atoms with Crippen LogP contribution in [0.4, 0.5) is 17.1 Å². The molecule has 5 aromatic rings. The molecule has 0 unspecified atom stereocenters. The van der Waals surface area contributed by atoms with Crippen LogP contribution in [0, 0.1) is 10.1 Å². The molecule has 0 spiro atoms. The zero-order chi connectivity index (χ0) is 43.0. The molecular weight excluding hydrogens is 819 g/mol. The van der Waals surface area contributed by atoms with Crippen molar-refractivity contribution in [3.05, 3.63) is 149 Å². The van der Waals surface area contributed by atoms with Crippen molar-refractivity contribution in [3.63, 3.8) is 0 Å². The zero-order valence-corrected chi connectivity index (χ0v) is 36.7. The van der Waals surface area contributed by atoms with Crippen LogP contribution in [0.2, 0.25) is 0 Å². The van der Waals surface area contributed by atoms with Crippen LogP contribution >= 0.6 is 11.8 Å². The molecule has 2 saturated heterocycles. The van der Waals surface area contributed by atoms with E-state index in [4.69, 9.17) is 4.74 Å². The molecular formula is C49H55N5O6S2. The van der Waals surface area contributed by atoms with Crippen LogP contribution in [0.25, 0.3) is 11.1 Å². The fourth-order valence-corrected chi connectivity index (χ4v) is 11.4. The summed E-state index contributed by atoms with van der Waals surface area (Å²) in [6, 6.07) is 39.8. The standard InChI is InChI=1S/C49H55N5O6S2/c55-47(51-62(58,59)43-23-24-45(46(35-43)54(56)57)50-48(25-9-10-26-48)37-61-42-16-5-2-6-17-42)39-19-21-41(22-20-39)53-31-27-49(28-32-53,60-34-33-52-29-11-12-30-52)36-40-15-7-8-18-44(40)38-13-3-1-4-14-38/h1-8,13-24,35,50H,9-12,25-34,36-37H2,(H,51,55). The van der Waals surface area contributed by atoms with Gasteiger partial charge in [-0.15, -0.1) is 11.8 Å². The highest BCUT2D eigenvalue weighted by Gasteiger charge is 2.38. The van der Waals surface area contributed by atoms with E-state index in [-0.39, 0.29) is 33.0 Å². The molecule has 1 amide bonds. The van der Waals surface area contributed by atoms with Gasteiger partial charge in [-0.2, -0.15) is 0 Å². The van der Waals surface area contributed by atoms with Gasteiger partial charge in [0.05, 0.1) is 22.0 Å². The SMILES string of the molecule is O=C(NS(=O)(=O)c1ccc(NC2(CSc3ccccc3)CCCC2)c([N+](=O)[O-])c1)c1ccc(N2CCC(Cc3ccccc3-c3ccccc3)(OCCN3CCCC3)CC2)cc1. The molecule has 324 valence electrons. The Morgan fingerprint density at radius 2 is 1.44 bits per heavy atom. The van der Waals surface area contributed by atoms with Crippen LogP contribution in [0.3, 0.4) is 0 Å². The maximum absolute atomic E-state index is 13.5. The van der Waals surface area contributed by atoms with Crippen LogP contribution in [0.5, 0.6) is 0 Å². The third-order valence-corrected chi connectivity index (χ3v) is 15.4. The number of carbonyl (C=O) groups is 1. The van der Waals surface area contributed by atoms with E-state index in [2.05, 4.69) is 68.4 Å². The first-order valence-electron chi connectivity index (χ1n) is 21.8. The van der Waals surface area contributed by atoms with Crippen LogP contribution in [-0.2, 0) is 21.2 Å². The van der Waals surface area contributed by atoms with E-state index in [1.54, 1.807) is 23.9 Å². The van der Waals surface area contributed by atoms with Crippen molar-refractivity contribution in [1.29, 1.82) is 0 Å². The number of nitrogens with zero attached hydrogens (tertiary/aromatic N) is 3. The van der Waals surface area contributed by atoms with Crippen molar-refractivity contribution < 1.29 is 22.9 Å². The molecule has 5 aromatic carbocycles. The van der Waals surface area contributed by atoms with E-state index < -0.39 is 20.9 Å². The number of nitro groups is 1. The Hall–Kier alpha value is -5.21. The lowest BCUT2D eigenvalue weighted by molar-refractivity contribution is -0.384. The topological polar surface area (TPSA) is 134 Å². The molecule has 0 bridgehead atoms. The summed E-state index contributed by atoms with van der Waals surface area (Å²) in [4.78, 5) is 30.6. The third kappa shape index (κ3) is 10.5. The number of nitrogens with one attached hydrogen (secondary N) is 2. The number of benzene rings is 5. The predicted molar refractivity (Wildman–Crippen MR) is 248 cm³/mol. The first-order chi connectivity index (χ1) is 30.1. The van der Waals surface area contributed by atoms with Crippen molar-refractivity contribution >= 4 is 44.8 Å². The Morgan fingerprint density at radius 3 is 2.13 bits per heavy atom. The Morgan fingerprint density at radius 1 is 0.774 bits per heavy atom. The van der Waals surface area contributed by atoms with Gasteiger partial charge in [0.15, 0.2) is 0 Å². The molecule has 13 heteroatoms. The van der Waals surface area contributed by atoms with Crippen molar-refractivity contribution in [3.8, 4) is 11.1 Å². The molecule has 1 aliphatic carbocycles. The fourth-order valence-electron chi connectivity index (χ4n) is 9.24. The summed E-state index contributed by atoms with van der Waals surface area (Å²) < 4.78 is 36.1. The highest BCUT2D eigenvalue weighted by Crippen LogP contribution is 2.41. The summed E-state index contributed by atoms with van der Waals surface area (Å²) in [5.41, 5.74) is 3.97. The Bertz CT molecular complexity index is 2410. The maximum Gasteiger partial charge on any atom is 0.293 e. The first kappa shape index (κ1) is 43.4. The monoisotopic (exact) mass is 873 g/mol. The average Bonchev–Trinajstić information content (AvgIpc) is 4.00. The highest BCUT2D eigenvalue weighted by atomic mass is 32.2. The molecule has 2 N–H and O–H groups in total. The number of sulfonamides is 1. The number of hydrogen-bond acceptors (Lipinski definition) is 10. The van der Waals surface area contributed by atoms with Crippen LogP contribution in [0.1, 0.15) is 67.3 Å². The normalized spacial score (nSPS) is 17.5. The number of ether oxygens (including phenoxy) is 1. The molecule has 0 atom stereocenters. The van der Waals surface area contributed by atoms with Gasteiger partial charge in [-0.3, -0.25) is 14.9 Å². The summed E-state index contributed by atoms with van der Waals surface area (Å²) >= 11 is 1.69. The molecule has 2 heterocycles. The Kier molecular flexibility index (Phi) is 13.6. The predicted octanol–water partition coefficient (Wildman–Crippen LogP) is 9.59. The molecule has 3 aliphatic rings. The van der Waals surface area contributed by atoms with Crippen molar-refractivity contribution in [1.82, 2.24) is 9.62 Å². The summed E-state index contributed by atoms with van der Waals surface area (Å²) in [6.45, 7) is 5.39. The molecule has 62 heavy (non-hydrogen) atoms. The number of likely N-dealkylation sites (tertiary alicyclic amines) is 1. The molecule has 0 radical (unpaired) electrons. The van der Waals surface area contributed by atoms with Gasteiger partial charge in [0.1, 0.15) is 5.69 Å². The molecule has 0 aromatic heterocycles. The van der Waals surface area contributed by atoms with Crippen molar-refractivity contribution in [2.75, 3.05) is 55.3 Å². The minimum Gasteiger partial charge on any atom is -0.373 e. The van der Waals surface area contributed by atoms with Crippen LogP contribution < -0.4 is 14.9 Å². The van der Waals surface area contributed by atoms with E-state index in [1.807, 2.05) is 48.5 Å². The summed E-state index contributed by atoms with van der Waals surface area (Å²) in [7, 11) is -4.44. The van der Waals surface area contributed by atoms with Gasteiger partial charge < -0.3 is 19.9 Å². The number of rotatable bonds is 17. The van der Waals surface area contributed by atoms with Gasteiger partial charge in [-0.25, -0.2) is 13.1 Å². The summed E-state index contributed by atoms with van der Waals surface area (Å²) in [5, 5.41) is 15.7. The lowest BCUT2D eigenvalue weighted by Gasteiger charge is -2.43. The molecule has 11 nitrogen and oxygen atoms in total. The first-order valence-corrected chi connectivity index (χ1v) is 24.2. The number of amides is 1. The number of carbonyl (C=O) groups excluding carboxylic acids is 1. The number of thioether (sulfide) groups is 1. The highest BCUT2D eigenvalue weighted by molar-refractivity contribution is 7.99. The van der Waals surface area contributed by atoms with Gasteiger partial charge in [-0.05, 0) is 117 Å². The molecule has 2 aliphatic heterocycles. The minimum atomic E-state index is -4.44. The van der Waals surface area contributed by atoms with Crippen LogP contribution in [0.15, 0.2) is 137 Å². The number of hydrogen-bond donors (Lipinski definition) is 2.